The topological polar surface area (TPSA) is 48.2 Å². The van der Waals surface area contributed by atoms with Gasteiger partial charge in [0.05, 0.1) is 10.7 Å². The number of thioether (sulfide) groups is 1. The Balaban J connectivity index is 3.05. The maximum absolute atomic E-state index is 8.59. The molecule has 0 saturated heterocycles. The summed E-state index contributed by atoms with van der Waals surface area (Å²) in [5, 5.41) is 12.2. The highest BCUT2D eigenvalue weighted by Crippen LogP contribution is 2.23. The van der Waals surface area contributed by atoms with E-state index in [1.807, 2.05) is 45.4 Å². The number of nitriles is 1. The molecule has 0 atom stereocenters. The molecule has 5 heteroatoms. The average molecular weight is 306 g/mol. The molecule has 1 rings (SSSR count). The predicted octanol–water partition coefficient (Wildman–Crippen LogP) is 4.16. The van der Waals surface area contributed by atoms with E-state index < -0.39 is 0 Å². The van der Waals surface area contributed by atoms with Gasteiger partial charge in [-0.15, -0.1) is 0 Å². The third-order valence-electron chi connectivity index (χ3n) is 2.11. The molecule has 0 radical (unpaired) electrons. The molecule has 0 heterocycles. The first kappa shape index (κ1) is 16.4. The molecular weight excluding hydrogens is 290 g/mol. The molecule has 0 aliphatic heterocycles. The van der Waals surface area contributed by atoms with Crippen LogP contribution in [0.2, 0.25) is 5.02 Å². The van der Waals surface area contributed by atoms with Crippen molar-refractivity contribution in [2.45, 2.75) is 20.8 Å². The molecule has 20 heavy (non-hydrogen) atoms. The van der Waals surface area contributed by atoms with Crippen LogP contribution in [-0.2, 0) is 0 Å². The third kappa shape index (κ3) is 5.57. The molecule has 1 aromatic rings. The zero-order chi connectivity index (χ0) is 15.2. The van der Waals surface area contributed by atoms with Gasteiger partial charge in [0, 0.05) is 11.0 Å². The lowest BCUT2D eigenvalue weighted by Crippen LogP contribution is -2.12. The zero-order valence-electron chi connectivity index (χ0n) is 11.9. The van der Waals surface area contributed by atoms with Crippen molar-refractivity contribution in [3.8, 4) is 18.0 Å². The first-order valence-corrected chi connectivity index (χ1v) is 7.56. The minimum Gasteiger partial charge on any atom is -0.271 e. The number of halogens is 1. The Morgan fingerprint density at radius 1 is 1.40 bits per heavy atom. The number of benzene rings is 1. The standard InChI is InChI=1S/C15H16ClN3S/c1-15(2,3)8-7-11-5-6-12(9-13(11)16)19-14(20-4)18-10-17/h5-6,9H,1-4H3,(H,18,19). The second kappa shape index (κ2) is 7.24. The van der Waals surface area contributed by atoms with Gasteiger partial charge in [0.1, 0.15) is 0 Å². The maximum atomic E-state index is 8.59. The molecule has 0 aliphatic rings. The summed E-state index contributed by atoms with van der Waals surface area (Å²) in [6.45, 7) is 6.14. The number of aliphatic imine (C=N–C) groups is 1. The van der Waals surface area contributed by atoms with Crippen LogP contribution in [-0.4, -0.2) is 11.4 Å². The van der Waals surface area contributed by atoms with Gasteiger partial charge in [0.15, 0.2) is 11.4 Å². The van der Waals surface area contributed by atoms with Gasteiger partial charge < -0.3 is 0 Å². The van der Waals surface area contributed by atoms with Crippen LogP contribution in [0.15, 0.2) is 23.2 Å². The Labute approximate surface area is 129 Å². The van der Waals surface area contributed by atoms with Gasteiger partial charge in [0.25, 0.3) is 0 Å². The fourth-order valence-corrected chi connectivity index (χ4v) is 1.79. The van der Waals surface area contributed by atoms with Crippen molar-refractivity contribution in [2.75, 3.05) is 6.26 Å². The predicted molar refractivity (Wildman–Crippen MR) is 87.1 cm³/mol. The lowest BCUT2D eigenvalue weighted by molar-refractivity contribution is 0.571. The molecule has 0 unspecified atom stereocenters. The van der Waals surface area contributed by atoms with Crippen molar-refractivity contribution in [2.24, 2.45) is 10.4 Å². The minimum atomic E-state index is -0.0666. The van der Waals surface area contributed by atoms with Gasteiger partial charge in [-0.1, -0.05) is 35.2 Å². The summed E-state index contributed by atoms with van der Waals surface area (Å²) in [6, 6.07) is 5.40. The van der Waals surface area contributed by atoms with Crippen LogP contribution in [0.5, 0.6) is 0 Å². The molecular formula is C15H16ClN3S. The zero-order valence-corrected chi connectivity index (χ0v) is 13.5. The smallest absolute Gasteiger partial charge is 0.183 e. The first-order chi connectivity index (χ1) is 9.35. The molecule has 104 valence electrons. The average Bonchev–Trinajstić information content (AvgIpc) is 2.36. The Morgan fingerprint density at radius 2 is 2.10 bits per heavy atom. The van der Waals surface area contributed by atoms with Crippen molar-refractivity contribution in [3.05, 3.63) is 28.8 Å². The fourth-order valence-electron chi connectivity index (χ4n) is 1.22. The van der Waals surface area contributed by atoms with Crippen LogP contribution >= 0.6 is 23.4 Å². The van der Waals surface area contributed by atoms with E-state index in [4.69, 9.17) is 16.9 Å². The molecule has 1 aromatic carbocycles. The fraction of sp³-hybridized carbons (Fsp3) is 0.333. The van der Waals surface area contributed by atoms with Crippen molar-refractivity contribution in [1.82, 2.24) is 5.32 Å². The molecule has 0 spiro atoms. The summed E-state index contributed by atoms with van der Waals surface area (Å²) in [5.41, 5.74) is 1.39. The second-order valence-corrected chi connectivity index (χ2v) is 6.22. The first-order valence-electron chi connectivity index (χ1n) is 5.96. The van der Waals surface area contributed by atoms with E-state index >= 15 is 0 Å². The molecule has 3 nitrogen and oxygen atoms in total. The van der Waals surface area contributed by atoms with E-state index in [2.05, 4.69) is 22.2 Å². The van der Waals surface area contributed by atoms with Gasteiger partial charge >= 0.3 is 0 Å². The van der Waals surface area contributed by atoms with Gasteiger partial charge in [0.2, 0.25) is 0 Å². The Kier molecular flexibility index (Phi) is 5.95. The summed E-state index contributed by atoms with van der Waals surface area (Å²) in [7, 11) is 0. The Hall–Kier alpha value is -1.62. The summed E-state index contributed by atoms with van der Waals surface area (Å²) >= 11 is 7.56. The molecule has 1 N–H and O–H groups in total. The van der Waals surface area contributed by atoms with E-state index in [1.54, 1.807) is 6.07 Å². The van der Waals surface area contributed by atoms with E-state index in [-0.39, 0.29) is 5.41 Å². The number of hydrogen-bond acceptors (Lipinski definition) is 3. The van der Waals surface area contributed by atoms with Gasteiger partial charge in [-0.3, -0.25) is 5.32 Å². The largest absolute Gasteiger partial charge is 0.271 e. The van der Waals surface area contributed by atoms with Gasteiger partial charge in [-0.25, -0.2) is 4.99 Å². The monoisotopic (exact) mass is 305 g/mol. The maximum Gasteiger partial charge on any atom is 0.183 e. The molecule has 0 amide bonds. The quantitative estimate of drug-likeness (QED) is 0.279. The normalized spacial score (nSPS) is 11.3. The van der Waals surface area contributed by atoms with Crippen LogP contribution in [0.25, 0.3) is 0 Å². The lowest BCUT2D eigenvalue weighted by atomic mass is 9.97. The van der Waals surface area contributed by atoms with Crippen molar-refractivity contribution in [1.29, 1.82) is 5.26 Å². The molecule has 0 fully saturated rings. The second-order valence-electron chi connectivity index (χ2n) is 5.02. The highest BCUT2D eigenvalue weighted by molar-refractivity contribution is 8.13. The highest BCUT2D eigenvalue weighted by atomic mass is 35.5. The summed E-state index contributed by atoms with van der Waals surface area (Å²) < 4.78 is 0. The molecule has 0 aromatic heterocycles. The highest BCUT2D eigenvalue weighted by Gasteiger charge is 2.05. The molecule has 0 aliphatic carbocycles. The van der Waals surface area contributed by atoms with E-state index in [1.165, 1.54) is 11.8 Å². The van der Waals surface area contributed by atoms with E-state index in [0.717, 1.165) is 5.56 Å². The molecule has 0 bridgehead atoms. The Bertz CT molecular complexity index is 613. The minimum absolute atomic E-state index is 0.0666. The number of nitrogens with one attached hydrogen (secondary N) is 1. The van der Waals surface area contributed by atoms with Crippen molar-refractivity contribution in [3.63, 3.8) is 0 Å². The molecule has 0 saturated carbocycles. The van der Waals surface area contributed by atoms with E-state index in [0.29, 0.717) is 15.9 Å². The SMILES string of the molecule is CSC(=Nc1ccc(C#CC(C)(C)C)c(Cl)c1)NC#N. The summed E-state index contributed by atoms with van der Waals surface area (Å²) in [6.07, 6.45) is 3.69. The Morgan fingerprint density at radius 3 is 2.60 bits per heavy atom. The van der Waals surface area contributed by atoms with Gasteiger partial charge in [-0.05, 0) is 45.2 Å². The number of hydrogen-bond donors (Lipinski definition) is 1. The van der Waals surface area contributed by atoms with E-state index in [9.17, 15) is 0 Å². The van der Waals surface area contributed by atoms with Crippen LogP contribution in [0.4, 0.5) is 5.69 Å². The van der Waals surface area contributed by atoms with Crippen molar-refractivity contribution < 1.29 is 0 Å². The number of nitrogens with zero attached hydrogens (tertiary/aromatic N) is 2. The third-order valence-corrected chi connectivity index (χ3v) is 3.00. The lowest BCUT2D eigenvalue weighted by Gasteiger charge is -2.07. The van der Waals surface area contributed by atoms with Crippen LogP contribution < -0.4 is 5.32 Å². The van der Waals surface area contributed by atoms with Crippen LogP contribution in [0, 0.1) is 28.7 Å². The van der Waals surface area contributed by atoms with Crippen LogP contribution in [0.3, 0.4) is 0 Å². The summed E-state index contributed by atoms with van der Waals surface area (Å²) in [5.74, 6) is 6.21. The van der Waals surface area contributed by atoms with Crippen molar-refractivity contribution >= 4 is 34.2 Å². The van der Waals surface area contributed by atoms with Crippen LogP contribution in [0.1, 0.15) is 26.3 Å². The van der Waals surface area contributed by atoms with Gasteiger partial charge in [-0.2, -0.15) is 5.26 Å². The number of amidine groups is 1. The number of rotatable bonds is 1. The summed E-state index contributed by atoms with van der Waals surface area (Å²) in [4.78, 5) is 4.29.